The van der Waals surface area contributed by atoms with E-state index in [0.29, 0.717) is 0 Å². The van der Waals surface area contributed by atoms with Gasteiger partial charge >= 0.3 is 0 Å². The van der Waals surface area contributed by atoms with Crippen LogP contribution in [0.5, 0.6) is 5.75 Å². The van der Waals surface area contributed by atoms with E-state index in [1.54, 1.807) is 25.8 Å². The Bertz CT molecular complexity index is 856. The van der Waals surface area contributed by atoms with Gasteiger partial charge in [-0.15, -0.1) is 0 Å². The number of ether oxygens (including phenoxy) is 1. The Kier molecular flexibility index (Phi) is 9.26. The number of methoxy groups -OCH3 is 1. The molecule has 2 rings (SSSR count). The van der Waals surface area contributed by atoms with Crippen molar-refractivity contribution in [2.75, 3.05) is 13.7 Å². The molecular formula is C24H34O4S2. The summed E-state index contributed by atoms with van der Waals surface area (Å²) >= 11 is 1.68. The van der Waals surface area contributed by atoms with E-state index in [4.69, 9.17) is 8.92 Å². The zero-order valence-electron chi connectivity index (χ0n) is 18.6. The third-order valence-corrected chi connectivity index (χ3v) is 8.25. The van der Waals surface area contributed by atoms with Crippen LogP contribution in [0.2, 0.25) is 0 Å². The maximum Gasteiger partial charge on any atom is 0.271 e. The number of benzene rings is 2. The number of hydrogen-bond acceptors (Lipinski definition) is 5. The fourth-order valence-corrected chi connectivity index (χ4v) is 5.92. The second kappa shape index (κ2) is 11.2. The van der Waals surface area contributed by atoms with Crippen molar-refractivity contribution < 1.29 is 17.3 Å². The minimum Gasteiger partial charge on any atom is -0.497 e. The monoisotopic (exact) mass is 450 g/mol. The molecule has 0 saturated carbocycles. The maximum absolute atomic E-state index is 12.9. The molecule has 2 aromatic rings. The van der Waals surface area contributed by atoms with Crippen LogP contribution in [0.1, 0.15) is 45.2 Å². The molecule has 0 amide bonds. The third kappa shape index (κ3) is 8.32. The highest BCUT2D eigenvalue weighted by Gasteiger charge is 2.32. The Hall–Kier alpha value is -1.50. The van der Waals surface area contributed by atoms with Crippen molar-refractivity contribution in [3.8, 4) is 5.75 Å². The van der Waals surface area contributed by atoms with E-state index in [-0.39, 0.29) is 17.3 Å². The van der Waals surface area contributed by atoms with Gasteiger partial charge in [-0.3, -0.25) is 4.18 Å². The summed E-state index contributed by atoms with van der Waals surface area (Å²) in [5.74, 6) is 1.55. The highest BCUT2D eigenvalue weighted by molar-refractivity contribution is 8.00. The van der Waals surface area contributed by atoms with E-state index in [2.05, 4.69) is 12.1 Å². The van der Waals surface area contributed by atoms with Crippen LogP contribution in [0.4, 0.5) is 0 Å². The molecule has 4 nitrogen and oxygen atoms in total. The van der Waals surface area contributed by atoms with Crippen LogP contribution in [0.3, 0.4) is 0 Å². The molecule has 0 aliphatic rings. The molecule has 166 valence electrons. The Labute approximate surface area is 186 Å². The topological polar surface area (TPSA) is 52.6 Å². The van der Waals surface area contributed by atoms with Gasteiger partial charge in [0.15, 0.2) is 0 Å². The number of hydrogen-bond donors (Lipinski definition) is 0. The van der Waals surface area contributed by atoms with Crippen LogP contribution < -0.4 is 4.74 Å². The lowest BCUT2D eigenvalue weighted by molar-refractivity contribution is 0.201. The molecule has 6 heteroatoms. The average molecular weight is 451 g/mol. The quantitative estimate of drug-likeness (QED) is 0.410. The highest BCUT2D eigenvalue weighted by atomic mass is 32.2. The first-order valence-corrected chi connectivity index (χ1v) is 12.8. The van der Waals surface area contributed by atoms with Crippen LogP contribution >= 0.6 is 11.8 Å². The number of aryl methyl sites for hydroxylation is 1. The third-order valence-electron chi connectivity index (χ3n) is 4.82. The molecule has 2 atom stereocenters. The van der Waals surface area contributed by atoms with Gasteiger partial charge in [0.25, 0.3) is 10.1 Å². The zero-order chi connectivity index (χ0) is 22.2. The van der Waals surface area contributed by atoms with Gasteiger partial charge in [-0.25, -0.2) is 0 Å². The van der Waals surface area contributed by atoms with E-state index in [1.807, 2.05) is 63.2 Å². The van der Waals surface area contributed by atoms with Crippen LogP contribution in [-0.2, 0) is 26.5 Å². The second-order valence-electron chi connectivity index (χ2n) is 8.74. The van der Waals surface area contributed by atoms with Crippen molar-refractivity contribution in [2.45, 2.75) is 56.8 Å². The van der Waals surface area contributed by atoms with Crippen molar-refractivity contribution in [3.63, 3.8) is 0 Å². The molecule has 0 aromatic heterocycles. The average Bonchev–Trinajstić information content (AvgIpc) is 2.72. The molecular weight excluding hydrogens is 416 g/mol. The first-order valence-electron chi connectivity index (χ1n) is 10.3. The summed E-state index contributed by atoms with van der Waals surface area (Å²) in [6.45, 7) is 7.87. The maximum atomic E-state index is 12.9. The normalized spacial score (nSPS) is 14.3. The lowest BCUT2D eigenvalue weighted by Crippen LogP contribution is -2.33. The zero-order valence-corrected chi connectivity index (χ0v) is 20.3. The summed E-state index contributed by atoms with van der Waals surface area (Å²) in [7, 11) is -2.01. The molecule has 0 aliphatic carbocycles. The number of rotatable bonds is 11. The minimum absolute atomic E-state index is 0.0720. The SMILES string of the molecule is COc1ccc(CS[C@H](CCc2ccccc2)[C@@H](C)S(=O)(=O)OCC(C)(C)C)cc1. The van der Waals surface area contributed by atoms with Gasteiger partial charge in [0.2, 0.25) is 0 Å². The molecule has 0 bridgehead atoms. The van der Waals surface area contributed by atoms with Crippen LogP contribution in [0.25, 0.3) is 0 Å². The predicted octanol–water partition coefficient (Wildman–Crippen LogP) is 5.71. The van der Waals surface area contributed by atoms with Crippen molar-refractivity contribution in [2.24, 2.45) is 5.41 Å². The molecule has 0 saturated heterocycles. The summed E-state index contributed by atoms with van der Waals surface area (Å²) in [6.07, 6.45) is 1.60. The van der Waals surface area contributed by atoms with E-state index < -0.39 is 15.4 Å². The highest BCUT2D eigenvalue weighted by Crippen LogP contribution is 2.30. The lowest BCUT2D eigenvalue weighted by Gasteiger charge is -2.25. The molecule has 2 aromatic carbocycles. The molecule has 0 unspecified atom stereocenters. The van der Waals surface area contributed by atoms with Crippen LogP contribution in [0, 0.1) is 5.41 Å². The minimum atomic E-state index is -3.65. The summed E-state index contributed by atoms with van der Waals surface area (Å²) < 4.78 is 36.4. The Morgan fingerprint density at radius 1 is 0.967 bits per heavy atom. The number of thioether (sulfide) groups is 1. The molecule has 0 fully saturated rings. The molecule has 0 spiro atoms. The Balaban J connectivity index is 2.09. The fraction of sp³-hybridized carbons (Fsp3) is 0.500. The van der Waals surface area contributed by atoms with Crippen molar-refractivity contribution in [3.05, 3.63) is 65.7 Å². The predicted molar refractivity (Wildman–Crippen MR) is 127 cm³/mol. The summed E-state index contributed by atoms with van der Waals surface area (Å²) in [6, 6.07) is 18.1. The molecule has 0 radical (unpaired) electrons. The summed E-state index contributed by atoms with van der Waals surface area (Å²) in [5, 5.41) is -0.663. The summed E-state index contributed by atoms with van der Waals surface area (Å²) in [5.41, 5.74) is 2.15. The van der Waals surface area contributed by atoms with Gasteiger partial charge in [0.1, 0.15) is 5.75 Å². The standard InChI is InChI=1S/C24H34O4S2/c1-19(30(25,26)28-18-24(2,3)4)23(16-13-20-9-7-6-8-10-20)29-17-21-11-14-22(27-5)15-12-21/h6-12,14-15,19,23H,13,16-18H2,1-5H3/t19-,23-/m1/s1. The molecule has 0 N–H and O–H groups in total. The van der Waals surface area contributed by atoms with Gasteiger partial charge in [0.05, 0.1) is 19.0 Å². The lowest BCUT2D eigenvalue weighted by atomic mass is 9.99. The smallest absolute Gasteiger partial charge is 0.271 e. The van der Waals surface area contributed by atoms with Gasteiger partial charge in [-0.2, -0.15) is 20.2 Å². The second-order valence-corrected chi connectivity index (χ2v) is 11.9. The first kappa shape index (κ1) is 24.8. The van der Waals surface area contributed by atoms with Crippen molar-refractivity contribution in [1.29, 1.82) is 0 Å². The van der Waals surface area contributed by atoms with Gasteiger partial charge < -0.3 is 4.74 Å². The van der Waals surface area contributed by atoms with Crippen molar-refractivity contribution in [1.82, 2.24) is 0 Å². The fourth-order valence-electron chi connectivity index (χ4n) is 2.88. The van der Waals surface area contributed by atoms with E-state index in [9.17, 15) is 8.42 Å². The van der Waals surface area contributed by atoms with E-state index in [0.717, 1.165) is 29.9 Å². The van der Waals surface area contributed by atoms with Crippen molar-refractivity contribution >= 4 is 21.9 Å². The van der Waals surface area contributed by atoms with Gasteiger partial charge in [-0.05, 0) is 48.4 Å². The molecule has 0 aliphatic heterocycles. The van der Waals surface area contributed by atoms with E-state index in [1.165, 1.54) is 5.56 Å². The van der Waals surface area contributed by atoms with Gasteiger partial charge in [0, 0.05) is 11.0 Å². The molecule has 0 heterocycles. The Morgan fingerprint density at radius 2 is 1.60 bits per heavy atom. The van der Waals surface area contributed by atoms with E-state index >= 15 is 0 Å². The largest absolute Gasteiger partial charge is 0.497 e. The summed E-state index contributed by atoms with van der Waals surface area (Å²) in [4.78, 5) is 0. The van der Waals surface area contributed by atoms with Crippen LogP contribution in [-0.4, -0.2) is 32.6 Å². The Morgan fingerprint density at radius 3 is 2.17 bits per heavy atom. The van der Waals surface area contributed by atoms with Gasteiger partial charge in [-0.1, -0.05) is 63.2 Å². The molecule has 30 heavy (non-hydrogen) atoms. The first-order chi connectivity index (χ1) is 14.1. The van der Waals surface area contributed by atoms with Crippen LogP contribution in [0.15, 0.2) is 54.6 Å².